The number of urea groups is 1. The van der Waals surface area contributed by atoms with Gasteiger partial charge in [-0.15, -0.1) is 0 Å². The molecule has 1 aromatic rings. The van der Waals surface area contributed by atoms with Gasteiger partial charge in [0, 0.05) is 13.1 Å². The highest BCUT2D eigenvalue weighted by molar-refractivity contribution is 7.88. The Bertz CT molecular complexity index is 637. The van der Waals surface area contributed by atoms with E-state index < -0.39 is 21.9 Å². The van der Waals surface area contributed by atoms with E-state index >= 15 is 0 Å². The van der Waals surface area contributed by atoms with E-state index in [1.165, 1.54) is 19.2 Å². The highest BCUT2D eigenvalue weighted by Gasteiger charge is 2.12. The Labute approximate surface area is 135 Å². The molecule has 0 saturated carbocycles. The summed E-state index contributed by atoms with van der Waals surface area (Å²) in [4.78, 5) is 11.7. The number of benzene rings is 1. The third-order valence-corrected chi connectivity index (χ3v) is 3.76. The van der Waals surface area contributed by atoms with E-state index in [1.807, 2.05) is 0 Å². The predicted octanol–water partition coefficient (Wildman–Crippen LogP) is 1.13. The summed E-state index contributed by atoms with van der Waals surface area (Å²) in [6.07, 6.45) is 1.54. The maximum Gasteiger partial charge on any atom is 0.315 e. The maximum absolute atomic E-state index is 13.6. The second-order valence-corrected chi connectivity index (χ2v) is 6.87. The van der Waals surface area contributed by atoms with E-state index in [9.17, 15) is 17.6 Å². The lowest BCUT2D eigenvalue weighted by Gasteiger charge is -2.16. The Kier molecular flexibility index (Phi) is 7.24. The van der Waals surface area contributed by atoms with Crippen LogP contribution in [-0.2, 0) is 10.0 Å². The van der Waals surface area contributed by atoms with Gasteiger partial charge in [-0.25, -0.2) is 22.3 Å². The SMILES string of the molecule is COc1ccc(C(C)NC(=O)NCCCNS(C)(=O)=O)cc1F. The first-order valence-electron chi connectivity index (χ1n) is 7.05. The quantitative estimate of drug-likeness (QED) is 0.614. The third-order valence-electron chi connectivity index (χ3n) is 3.03. The monoisotopic (exact) mass is 347 g/mol. The van der Waals surface area contributed by atoms with Crippen LogP contribution in [0.2, 0.25) is 0 Å². The topological polar surface area (TPSA) is 96.5 Å². The molecular weight excluding hydrogens is 325 g/mol. The minimum Gasteiger partial charge on any atom is -0.494 e. The van der Waals surface area contributed by atoms with Crippen LogP contribution in [0.3, 0.4) is 0 Å². The summed E-state index contributed by atoms with van der Waals surface area (Å²) < 4.78 is 42.5. The number of carbonyl (C=O) groups is 1. The van der Waals surface area contributed by atoms with Crippen LogP contribution in [0.4, 0.5) is 9.18 Å². The van der Waals surface area contributed by atoms with Gasteiger partial charge in [0.2, 0.25) is 10.0 Å². The molecule has 130 valence electrons. The van der Waals surface area contributed by atoms with Crippen molar-refractivity contribution in [2.45, 2.75) is 19.4 Å². The number of carbonyl (C=O) groups excluding carboxylic acids is 1. The Balaban J connectivity index is 2.37. The maximum atomic E-state index is 13.6. The molecule has 2 amide bonds. The number of amides is 2. The Morgan fingerprint density at radius 3 is 2.61 bits per heavy atom. The molecule has 7 nitrogen and oxygen atoms in total. The molecule has 0 aliphatic carbocycles. The number of halogens is 1. The number of hydrogen-bond donors (Lipinski definition) is 3. The molecule has 1 rings (SSSR count). The zero-order valence-corrected chi connectivity index (χ0v) is 14.2. The van der Waals surface area contributed by atoms with E-state index in [4.69, 9.17) is 4.74 Å². The smallest absolute Gasteiger partial charge is 0.315 e. The van der Waals surface area contributed by atoms with Gasteiger partial charge in [-0.3, -0.25) is 0 Å². The van der Waals surface area contributed by atoms with Gasteiger partial charge in [0.05, 0.1) is 19.4 Å². The third kappa shape index (κ3) is 7.29. The normalized spacial score (nSPS) is 12.5. The van der Waals surface area contributed by atoms with Gasteiger partial charge in [-0.1, -0.05) is 6.07 Å². The summed E-state index contributed by atoms with van der Waals surface area (Å²) in [7, 11) is -1.83. The highest BCUT2D eigenvalue weighted by Crippen LogP contribution is 2.21. The first-order chi connectivity index (χ1) is 10.7. The van der Waals surface area contributed by atoms with Gasteiger partial charge in [0.25, 0.3) is 0 Å². The van der Waals surface area contributed by atoms with Crippen molar-refractivity contribution in [3.05, 3.63) is 29.6 Å². The van der Waals surface area contributed by atoms with Gasteiger partial charge >= 0.3 is 6.03 Å². The minimum absolute atomic E-state index is 0.142. The van der Waals surface area contributed by atoms with E-state index in [1.54, 1.807) is 13.0 Å². The van der Waals surface area contributed by atoms with Crippen LogP contribution in [0, 0.1) is 5.82 Å². The van der Waals surface area contributed by atoms with Crippen molar-refractivity contribution < 1.29 is 22.3 Å². The van der Waals surface area contributed by atoms with Crippen molar-refractivity contribution in [1.29, 1.82) is 0 Å². The van der Waals surface area contributed by atoms with Gasteiger partial charge in [-0.2, -0.15) is 0 Å². The molecule has 9 heteroatoms. The number of hydrogen-bond acceptors (Lipinski definition) is 4. The zero-order chi connectivity index (χ0) is 17.5. The van der Waals surface area contributed by atoms with Crippen LogP contribution in [0.25, 0.3) is 0 Å². The molecule has 0 aliphatic rings. The molecule has 1 atom stereocenters. The number of nitrogens with one attached hydrogen (secondary N) is 3. The Morgan fingerprint density at radius 1 is 1.35 bits per heavy atom. The first-order valence-corrected chi connectivity index (χ1v) is 8.94. The fourth-order valence-electron chi connectivity index (χ4n) is 1.83. The fraction of sp³-hybridized carbons (Fsp3) is 0.500. The summed E-state index contributed by atoms with van der Waals surface area (Å²) in [5.41, 5.74) is 0.609. The van der Waals surface area contributed by atoms with Gasteiger partial charge in [-0.05, 0) is 31.0 Å². The molecular formula is C14H22FN3O4S. The van der Waals surface area contributed by atoms with Crippen molar-refractivity contribution in [2.24, 2.45) is 0 Å². The van der Waals surface area contributed by atoms with Gasteiger partial charge in [0.1, 0.15) is 0 Å². The molecule has 0 fully saturated rings. The Morgan fingerprint density at radius 2 is 2.04 bits per heavy atom. The average Bonchev–Trinajstić information content (AvgIpc) is 2.45. The highest BCUT2D eigenvalue weighted by atomic mass is 32.2. The van der Waals surface area contributed by atoms with Crippen LogP contribution in [0.1, 0.15) is 24.9 Å². The molecule has 0 saturated heterocycles. The molecule has 0 heterocycles. The second-order valence-electron chi connectivity index (χ2n) is 5.04. The number of rotatable bonds is 8. The summed E-state index contributed by atoms with van der Waals surface area (Å²) in [5.74, 6) is -0.352. The molecule has 3 N–H and O–H groups in total. The standard InChI is InChI=1S/C14H22FN3O4S/c1-10(11-5-6-13(22-2)12(15)9-11)18-14(19)16-7-4-8-17-23(3,20)21/h5-6,9-10,17H,4,7-8H2,1-3H3,(H2,16,18,19). The van der Waals surface area contributed by atoms with Gasteiger partial charge < -0.3 is 15.4 Å². The molecule has 0 bridgehead atoms. The largest absolute Gasteiger partial charge is 0.494 e. The lowest BCUT2D eigenvalue weighted by molar-refractivity contribution is 0.238. The van der Waals surface area contributed by atoms with E-state index in [2.05, 4.69) is 15.4 Å². The van der Waals surface area contributed by atoms with Crippen molar-refractivity contribution >= 4 is 16.1 Å². The van der Waals surface area contributed by atoms with E-state index in [0.29, 0.717) is 18.5 Å². The van der Waals surface area contributed by atoms with E-state index in [-0.39, 0.29) is 18.3 Å². The molecule has 0 spiro atoms. The minimum atomic E-state index is -3.21. The number of sulfonamides is 1. The molecule has 23 heavy (non-hydrogen) atoms. The number of ether oxygens (including phenoxy) is 1. The van der Waals surface area contributed by atoms with Crippen molar-refractivity contribution in [3.63, 3.8) is 0 Å². The zero-order valence-electron chi connectivity index (χ0n) is 13.3. The molecule has 0 aliphatic heterocycles. The summed E-state index contributed by atoms with van der Waals surface area (Å²) in [6, 6.07) is 3.68. The lowest BCUT2D eigenvalue weighted by Crippen LogP contribution is -2.38. The molecule has 0 aromatic heterocycles. The Hall–Kier alpha value is -1.87. The van der Waals surface area contributed by atoms with Crippen LogP contribution in [0.5, 0.6) is 5.75 Å². The predicted molar refractivity (Wildman–Crippen MR) is 85.4 cm³/mol. The van der Waals surface area contributed by atoms with Gasteiger partial charge in [0.15, 0.2) is 11.6 Å². The van der Waals surface area contributed by atoms with Crippen LogP contribution in [-0.4, -0.2) is 40.9 Å². The first kappa shape index (κ1) is 19.2. The fourth-order valence-corrected chi connectivity index (χ4v) is 2.35. The van der Waals surface area contributed by atoms with Crippen molar-refractivity contribution in [3.8, 4) is 5.75 Å². The second kappa shape index (κ2) is 8.68. The summed E-state index contributed by atoms with van der Waals surface area (Å²) in [5, 5.41) is 5.28. The van der Waals surface area contributed by atoms with Crippen LogP contribution >= 0.6 is 0 Å². The summed E-state index contributed by atoms with van der Waals surface area (Å²) in [6.45, 7) is 2.29. The number of methoxy groups -OCH3 is 1. The van der Waals surface area contributed by atoms with E-state index in [0.717, 1.165) is 6.26 Å². The lowest BCUT2D eigenvalue weighted by atomic mass is 10.1. The summed E-state index contributed by atoms with van der Waals surface area (Å²) >= 11 is 0. The van der Waals surface area contributed by atoms with Crippen molar-refractivity contribution in [1.82, 2.24) is 15.4 Å². The molecule has 1 unspecified atom stereocenters. The van der Waals surface area contributed by atoms with Crippen LogP contribution in [0.15, 0.2) is 18.2 Å². The molecule has 0 radical (unpaired) electrons. The van der Waals surface area contributed by atoms with Crippen molar-refractivity contribution in [2.75, 3.05) is 26.5 Å². The average molecular weight is 347 g/mol. The molecule has 1 aromatic carbocycles. The van der Waals surface area contributed by atoms with Crippen LogP contribution < -0.4 is 20.1 Å².